The van der Waals surface area contributed by atoms with Crippen LogP contribution in [0.2, 0.25) is 0 Å². The summed E-state index contributed by atoms with van der Waals surface area (Å²) in [6.07, 6.45) is 5.24. The Labute approximate surface area is 144 Å². The van der Waals surface area contributed by atoms with Crippen molar-refractivity contribution in [3.63, 3.8) is 0 Å². The smallest absolute Gasteiger partial charge is 0.257 e. The SMILES string of the molecule is Cc1cccc(-c2nc(CNCCCN3CCCCC3C)no2)c1. The van der Waals surface area contributed by atoms with E-state index >= 15 is 0 Å². The summed E-state index contributed by atoms with van der Waals surface area (Å²) >= 11 is 0. The average molecular weight is 328 g/mol. The van der Waals surface area contributed by atoms with E-state index < -0.39 is 0 Å². The maximum Gasteiger partial charge on any atom is 0.257 e. The van der Waals surface area contributed by atoms with E-state index in [4.69, 9.17) is 4.52 Å². The van der Waals surface area contributed by atoms with Crippen LogP contribution in [-0.4, -0.2) is 40.7 Å². The van der Waals surface area contributed by atoms with E-state index in [1.165, 1.54) is 37.9 Å². The Morgan fingerprint density at radius 3 is 3.08 bits per heavy atom. The molecule has 0 saturated carbocycles. The molecule has 1 saturated heterocycles. The van der Waals surface area contributed by atoms with Crippen LogP contribution in [-0.2, 0) is 6.54 Å². The second-order valence-electron chi connectivity index (χ2n) is 6.80. The molecule has 1 fully saturated rings. The molecule has 0 aliphatic carbocycles. The van der Waals surface area contributed by atoms with E-state index in [0.717, 1.165) is 30.4 Å². The number of likely N-dealkylation sites (tertiary alicyclic amines) is 1. The number of nitrogens with one attached hydrogen (secondary N) is 1. The van der Waals surface area contributed by atoms with E-state index in [1.807, 2.05) is 12.1 Å². The predicted molar refractivity (Wildman–Crippen MR) is 95.7 cm³/mol. The maximum absolute atomic E-state index is 5.36. The van der Waals surface area contributed by atoms with Crippen molar-refractivity contribution in [2.45, 2.75) is 52.1 Å². The van der Waals surface area contributed by atoms with Gasteiger partial charge in [0.2, 0.25) is 0 Å². The van der Waals surface area contributed by atoms with E-state index in [1.54, 1.807) is 0 Å². The van der Waals surface area contributed by atoms with Gasteiger partial charge in [-0.05, 0) is 64.9 Å². The van der Waals surface area contributed by atoms with E-state index in [9.17, 15) is 0 Å². The molecule has 1 N–H and O–H groups in total. The number of benzene rings is 1. The quantitative estimate of drug-likeness (QED) is 0.790. The summed E-state index contributed by atoms with van der Waals surface area (Å²) in [6.45, 7) is 8.48. The van der Waals surface area contributed by atoms with Gasteiger partial charge in [-0.25, -0.2) is 0 Å². The van der Waals surface area contributed by atoms with E-state index in [-0.39, 0.29) is 0 Å². The minimum Gasteiger partial charge on any atom is -0.334 e. The van der Waals surface area contributed by atoms with Gasteiger partial charge in [-0.3, -0.25) is 0 Å². The fraction of sp³-hybridized carbons (Fsp3) is 0.579. The minimum atomic E-state index is 0.595. The lowest BCUT2D eigenvalue weighted by Gasteiger charge is -2.33. The number of rotatable bonds is 7. The Morgan fingerprint density at radius 1 is 1.33 bits per heavy atom. The third-order valence-electron chi connectivity index (χ3n) is 4.76. The Morgan fingerprint density at radius 2 is 2.25 bits per heavy atom. The zero-order valence-corrected chi connectivity index (χ0v) is 14.8. The molecule has 5 nitrogen and oxygen atoms in total. The lowest BCUT2D eigenvalue weighted by atomic mass is 10.0. The predicted octanol–water partition coefficient (Wildman–Crippen LogP) is 3.40. The van der Waals surface area contributed by atoms with E-state index in [0.29, 0.717) is 12.4 Å². The van der Waals surface area contributed by atoms with Crippen molar-refractivity contribution in [3.8, 4) is 11.5 Å². The van der Waals surface area contributed by atoms with Crippen LogP contribution >= 0.6 is 0 Å². The lowest BCUT2D eigenvalue weighted by Crippen LogP contribution is -2.38. The van der Waals surface area contributed by atoms with Crippen LogP contribution < -0.4 is 5.32 Å². The molecule has 1 atom stereocenters. The summed E-state index contributed by atoms with van der Waals surface area (Å²) in [5.74, 6) is 1.32. The standard InChI is InChI=1S/C19H28N4O/c1-15-7-5-9-17(13-15)19-21-18(22-24-19)14-20-10-6-12-23-11-4-3-8-16(23)2/h5,7,9,13,16,20H,3-4,6,8,10-12,14H2,1-2H3. The summed E-state index contributed by atoms with van der Waals surface area (Å²) in [5.41, 5.74) is 2.17. The molecule has 0 amide bonds. The molecular formula is C19H28N4O. The fourth-order valence-corrected chi connectivity index (χ4v) is 3.32. The van der Waals surface area contributed by atoms with Gasteiger partial charge < -0.3 is 14.7 Å². The topological polar surface area (TPSA) is 54.2 Å². The van der Waals surface area contributed by atoms with Gasteiger partial charge in [0, 0.05) is 11.6 Å². The Balaban J connectivity index is 1.40. The van der Waals surface area contributed by atoms with Crippen molar-refractivity contribution in [3.05, 3.63) is 35.7 Å². The van der Waals surface area contributed by atoms with Crippen LogP contribution in [0.4, 0.5) is 0 Å². The Bertz CT molecular complexity index is 640. The molecular weight excluding hydrogens is 300 g/mol. The molecule has 130 valence electrons. The first-order valence-electron chi connectivity index (χ1n) is 9.07. The van der Waals surface area contributed by atoms with Crippen molar-refractivity contribution in [1.82, 2.24) is 20.4 Å². The fourth-order valence-electron chi connectivity index (χ4n) is 3.32. The minimum absolute atomic E-state index is 0.595. The summed E-state index contributed by atoms with van der Waals surface area (Å²) in [4.78, 5) is 7.08. The number of aromatic nitrogens is 2. The number of hydrogen-bond acceptors (Lipinski definition) is 5. The van der Waals surface area contributed by atoms with Crippen LogP contribution in [0.1, 0.15) is 44.0 Å². The second-order valence-corrected chi connectivity index (χ2v) is 6.80. The van der Waals surface area contributed by atoms with Crippen LogP contribution in [0.15, 0.2) is 28.8 Å². The molecule has 2 heterocycles. The number of aryl methyl sites for hydroxylation is 1. The van der Waals surface area contributed by atoms with E-state index in [2.05, 4.69) is 46.3 Å². The van der Waals surface area contributed by atoms with Gasteiger partial charge in [-0.1, -0.05) is 29.3 Å². The third kappa shape index (κ3) is 4.65. The first-order valence-corrected chi connectivity index (χ1v) is 9.07. The first kappa shape index (κ1) is 17.1. The van der Waals surface area contributed by atoms with Gasteiger partial charge in [0.15, 0.2) is 5.82 Å². The number of piperidine rings is 1. The van der Waals surface area contributed by atoms with Gasteiger partial charge in [0.05, 0.1) is 6.54 Å². The van der Waals surface area contributed by atoms with Crippen LogP contribution in [0.5, 0.6) is 0 Å². The zero-order chi connectivity index (χ0) is 16.8. The summed E-state index contributed by atoms with van der Waals surface area (Å²) in [6, 6.07) is 8.87. The molecule has 0 bridgehead atoms. The number of nitrogens with zero attached hydrogens (tertiary/aromatic N) is 3. The molecule has 3 rings (SSSR count). The molecule has 24 heavy (non-hydrogen) atoms. The molecule has 1 aromatic heterocycles. The number of hydrogen-bond donors (Lipinski definition) is 1. The van der Waals surface area contributed by atoms with Crippen molar-refractivity contribution < 1.29 is 4.52 Å². The molecule has 1 aromatic carbocycles. The third-order valence-corrected chi connectivity index (χ3v) is 4.76. The van der Waals surface area contributed by atoms with Gasteiger partial charge in [-0.15, -0.1) is 0 Å². The van der Waals surface area contributed by atoms with Crippen molar-refractivity contribution in [2.24, 2.45) is 0 Å². The maximum atomic E-state index is 5.36. The Hall–Kier alpha value is -1.72. The molecule has 0 radical (unpaired) electrons. The highest BCUT2D eigenvalue weighted by Gasteiger charge is 2.17. The summed E-state index contributed by atoms with van der Waals surface area (Å²) in [7, 11) is 0. The Kier molecular flexibility index (Phi) is 5.99. The van der Waals surface area contributed by atoms with Crippen molar-refractivity contribution in [2.75, 3.05) is 19.6 Å². The normalized spacial score (nSPS) is 18.8. The average Bonchev–Trinajstić information content (AvgIpc) is 3.05. The first-order chi connectivity index (χ1) is 11.7. The van der Waals surface area contributed by atoms with Gasteiger partial charge in [0.1, 0.15) is 0 Å². The van der Waals surface area contributed by atoms with Gasteiger partial charge >= 0.3 is 0 Å². The van der Waals surface area contributed by atoms with Crippen molar-refractivity contribution in [1.29, 1.82) is 0 Å². The summed E-state index contributed by atoms with van der Waals surface area (Å²) < 4.78 is 5.36. The largest absolute Gasteiger partial charge is 0.334 e. The zero-order valence-electron chi connectivity index (χ0n) is 14.8. The van der Waals surface area contributed by atoms with Gasteiger partial charge in [0.25, 0.3) is 5.89 Å². The molecule has 5 heteroatoms. The second kappa shape index (κ2) is 8.40. The molecule has 1 aliphatic heterocycles. The summed E-state index contributed by atoms with van der Waals surface area (Å²) in [5, 5.41) is 7.48. The molecule has 1 unspecified atom stereocenters. The molecule has 0 spiro atoms. The highest BCUT2D eigenvalue weighted by atomic mass is 16.5. The van der Waals surface area contributed by atoms with Crippen LogP contribution in [0.25, 0.3) is 11.5 Å². The van der Waals surface area contributed by atoms with Crippen LogP contribution in [0, 0.1) is 6.92 Å². The monoisotopic (exact) mass is 328 g/mol. The highest BCUT2D eigenvalue weighted by Crippen LogP contribution is 2.18. The highest BCUT2D eigenvalue weighted by molar-refractivity contribution is 5.53. The van der Waals surface area contributed by atoms with Gasteiger partial charge in [-0.2, -0.15) is 4.98 Å². The lowest BCUT2D eigenvalue weighted by molar-refractivity contribution is 0.159. The van der Waals surface area contributed by atoms with Crippen LogP contribution in [0.3, 0.4) is 0 Å². The van der Waals surface area contributed by atoms with Crippen molar-refractivity contribution >= 4 is 0 Å². The molecule has 1 aliphatic rings. The molecule has 2 aromatic rings.